The molecule has 1 saturated heterocycles. The number of amides is 1. The first-order chi connectivity index (χ1) is 13.4. The summed E-state index contributed by atoms with van der Waals surface area (Å²) in [5.74, 6) is -0.171. The number of hydrogen-bond acceptors (Lipinski definition) is 4. The molecule has 0 unspecified atom stereocenters. The van der Waals surface area contributed by atoms with Crippen LogP contribution in [0.4, 0.5) is 0 Å². The van der Waals surface area contributed by atoms with Crippen molar-refractivity contribution in [1.82, 2.24) is 13.4 Å². The molecule has 1 fully saturated rings. The summed E-state index contributed by atoms with van der Waals surface area (Å²) in [5, 5.41) is 0. The number of para-hydroxylation sites is 2. The molecule has 1 aliphatic rings. The zero-order valence-corrected chi connectivity index (χ0v) is 16.4. The van der Waals surface area contributed by atoms with E-state index >= 15 is 0 Å². The molecule has 0 atom stereocenters. The molecular formula is C20H21N3O4S. The molecule has 0 N–H and O–H groups in total. The standard InChI is InChI=1S/C20H21N3O4S/c1-15-7-6-8-16(13-15)28(26,27)23-18-10-3-2-9-17(18)22(20(23)25)14-19(24)21-11-4-5-12-21/h2-3,6-10,13H,4-5,11-12,14H2,1H3. The summed E-state index contributed by atoms with van der Waals surface area (Å²) >= 11 is 0. The number of carbonyl (C=O) groups is 1. The molecule has 0 aliphatic carbocycles. The van der Waals surface area contributed by atoms with Crippen molar-refractivity contribution >= 4 is 27.0 Å². The van der Waals surface area contributed by atoms with Crippen molar-refractivity contribution in [3.05, 3.63) is 64.6 Å². The number of fused-ring (bicyclic) bond motifs is 1. The Kier molecular flexibility index (Phi) is 4.58. The fourth-order valence-electron chi connectivity index (χ4n) is 3.65. The number of nitrogens with zero attached hydrogens (tertiary/aromatic N) is 3. The van der Waals surface area contributed by atoms with Gasteiger partial charge in [0.2, 0.25) is 5.91 Å². The normalized spacial score (nSPS) is 14.7. The first-order valence-corrected chi connectivity index (χ1v) is 10.6. The largest absolute Gasteiger partial charge is 0.343 e. The van der Waals surface area contributed by atoms with Crippen LogP contribution in [0.25, 0.3) is 11.0 Å². The maximum Gasteiger partial charge on any atom is 0.343 e. The average Bonchev–Trinajstić information content (AvgIpc) is 3.29. The van der Waals surface area contributed by atoms with Crippen LogP contribution >= 0.6 is 0 Å². The lowest BCUT2D eigenvalue weighted by Crippen LogP contribution is -2.36. The van der Waals surface area contributed by atoms with Crippen LogP contribution < -0.4 is 5.69 Å². The second-order valence-electron chi connectivity index (χ2n) is 7.03. The van der Waals surface area contributed by atoms with Gasteiger partial charge >= 0.3 is 5.69 Å². The minimum Gasteiger partial charge on any atom is -0.341 e. The van der Waals surface area contributed by atoms with Crippen molar-refractivity contribution in [1.29, 1.82) is 0 Å². The van der Waals surface area contributed by atoms with E-state index in [-0.39, 0.29) is 22.9 Å². The molecule has 4 rings (SSSR count). The van der Waals surface area contributed by atoms with Gasteiger partial charge in [-0.05, 0) is 49.6 Å². The Labute approximate surface area is 162 Å². The molecule has 146 valence electrons. The fourth-order valence-corrected chi connectivity index (χ4v) is 5.16. The van der Waals surface area contributed by atoms with Gasteiger partial charge in [0.25, 0.3) is 10.0 Å². The number of hydrogen-bond donors (Lipinski definition) is 0. The molecule has 0 spiro atoms. The third kappa shape index (κ3) is 3.03. The predicted octanol–water partition coefficient (Wildman–Crippen LogP) is 1.97. The Morgan fingerprint density at radius 1 is 1.00 bits per heavy atom. The Balaban J connectivity index is 1.87. The first-order valence-electron chi connectivity index (χ1n) is 9.20. The van der Waals surface area contributed by atoms with E-state index in [9.17, 15) is 18.0 Å². The van der Waals surface area contributed by atoms with Gasteiger partial charge in [0, 0.05) is 13.1 Å². The van der Waals surface area contributed by atoms with E-state index < -0.39 is 15.7 Å². The second-order valence-corrected chi connectivity index (χ2v) is 8.82. The quantitative estimate of drug-likeness (QED) is 0.672. The number of imidazole rings is 1. The van der Waals surface area contributed by atoms with Crippen LogP contribution in [0.1, 0.15) is 18.4 Å². The van der Waals surface area contributed by atoms with Crippen LogP contribution in [0.5, 0.6) is 0 Å². The number of benzene rings is 2. The molecule has 2 aromatic carbocycles. The Hall–Kier alpha value is -2.87. The summed E-state index contributed by atoms with van der Waals surface area (Å²) < 4.78 is 28.5. The molecule has 0 saturated carbocycles. The lowest BCUT2D eigenvalue weighted by molar-refractivity contribution is -0.130. The summed E-state index contributed by atoms with van der Waals surface area (Å²) in [6.45, 7) is 2.97. The summed E-state index contributed by atoms with van der Waals surface area (Å²) in [4.78, 5) is 27.5. The third-order valence-corrected chi connectivity index (χ3v) is 6.76. The van der Waals surface area contributed by atoms with E-state index in [1.165, 1.54) is 16.7 Å². The highest BCUT2D eigenvalue weighted by molar-refractivity contribution is 7.90. The van der Waals surface area contributed by atoms with Gasteiger partial charge in [-0.15, -0.1) is 0 Å². The molecule has 0 bridgehead atoms. The Bertz CT molecular complexity index is 1220. The second kappa shape index (κ2) is 6.94. The maximum atomic E-state index is 13.2. The van der Waals surface area contributed by atoms with E-state index in [4.69, 9.17) is 0 Å². The maximum absolute atomic E-state index is 13.2. The lowest BCUT2D eigenvalue weighted by Gasteiger charge is -2.15. The van der Waals surface area contributed by atoms with Crippen molar-refractivity contribution in [2.24, 2.45) is 0 Å². The van der Waals surface area contributed by atoms with E-state index in [2.05, 4.69) is 0 Å². The van der Waals surface area contributed by atoms with Gasteiger partial charge in [-0.3, -0.25) is 9.36 Å². The smallest absolute Gasteiger partial charge is 0.341 e. The topological polar surface area (TPSA) is 81.4 Å². The van der Waals surface area contributed by atoms with Gasteiger partial charge < -0.3 is 4.90 Å². The summed E-state index contributed by atoms with van der Waals surface area (Å²) in [7, 11) is -4.09. The van der Waals surface area contributed by atoms with Crippen LogP contribution in [0.2, 0.25) is 0 Å². The minimum atomic E-state index is -4.09. The number of aromatic nitrogens is 2. The monoisotopic (exact) mass is 399 g/mol. The van der Waals surface area contributed by atoms with Crippen molar-refractivity contribution < 1.29 is 13.2 Å². The SMILES string of the molecule is Cc1cccc(S(=O)(=O)n2c(=O)n(CC(=O)N3CCCC3)c3ccccc32)c1. The van der Waals surface area contributed by atoms with E-state index in [1.54, 1.807) is 48.2 Å². The summed E-state index contributed by atoms with van der Waals surface area (Å²) in [6.07, 6.45) is 1.90. The van der Waals surface area contributed by atoms with E-state index in [1.807, 2.05) is 0 Å². The number of likely N-dealkylation sites (tertiary alicyclic amines) is 1. The van der Waals surface area contributed by atoms with Gasteiger partial charge in [0.1, 0.15) is 6.54 Å². The van der Waals surface area contributed by atoms with Crippen molar-refractivity contribution in [2.75, 3.05) is 13.1 Å². The Morgan fingerprint density at radius 3 is 2.36 bits per heavy atom. The highest BCUT2D eigenvalue weighted by Gasteiger charge is 2.27. The highest BCUT2D eigenvalue weighted by Crippen LogP contribution is 2.21. The average molecular weight is 399 g/mol. The van der Waals surface area contributed by atoms with Gasteiger partial charge in [0.05, 0.1) is 15.9 Å². The summed E-state index contributed by atoms with van der Waals surface area (Å²) in [5.41, 5.74) is 0.747. The van der Waals surface area contributed by atoms with Crippen LogP contribution in [-0.2, 0) is 21.4 Å². The molecule has 3 aromatic rings. The zero-order valence-electron chi connectivity index (χ0n) is 15.5. The molecule has 28 heavy (non-hydrogen) atoms. The van der Waals surface area contributed by atoms with Crippen LogP contribution in [0.3, 0.4) is 0 Å². The van der Waals surface area contributed by atoms with Gasteiger partial charge in [-0.1, -0.05) is 24.3 Å². The molecule has 8 heteroatoms. The fraction of sp³-hybridized carbons (Fsp3) is 0.300. The molecular weight excluding hydrogens is 378 g/mol. The first kappa shape index (κ1) is 18.5. The van der Waals surface area contributed by atoms with Gasteiger partial charge in [-0.25, -0.2) is 13.2 Å². The molecule has 1 aromatic heterocycles. The lowest BCUT2D eigenvalue weighted by atomic mass is 10.2. The van der Waals surface area contributed by atoms with E-state index in [0.29, 0.717) is 18.6 Å². The molecule has 1 aliphatic heterocycles. The van der Waals surface area contributed by atoms with Crippen LogP contribution in [0.15, 0.2) is 58.2 Å². The van der Waals surface area contributed by atoms with Gasteiger partial charge in [-0.2, -0.15) is 3.97 Å². The van der Waals surface area contributed by atoms with Gasteiger partial charge in [0.15, 0.2) is 0 Å². The zero-order chi connectivity index (χ0) is 19.9. The molecule has 7 nitrogen and oxygen atoms in total. The number of aryl methyl sites for hydroxylation is 1. The molecule has 1 amide bonds. The third-order valence-electron chi connectivity index (χ3n) is 5.08. The number of carbonyl (C=O) groups excluding carboxylic acids is 1. The predicted molar refractivity (Wildman–Crippen MR) is 106 cm³/mol. The minimum absolute atomic E-state index is 0.0448. The van der Waals surface area contributed by atoms with Crippen molar-refractivity contribution in [3.63, 3.8) is 0 Å². The van der Waals surface area contributed by atoms with E-state index in [0.717, 1.165) is 22.4 Å². The van der Waals surface area contributed by atoms with Crippen LogP contribution in [-0.4, -0.2) is 40.9 Å². The molecule has 0 radical (unpaired) electrons. The molecule has 2 heterocycles. The Morgan fingerprint density at radius 2 is 1.68 bits per heavy atom. The number of rotatable bonds is 4. The highest BCUT2D eigenvalue weighted by atomic mass is 32.2. The van der Waals surface area contributed by atoms with Crippen LogP contribution in [0, 0.1) is 6.92 Å². The summed E-state index contributed by atoms with van der Waals surface area (Å²) in [6, 6.07) is 13.1. The van der Waals surface area contributed by atoms with Crippen molar-refractivity contribution in [2.45, 2.75) is 31.2 Å². The van der Waals surface area contributed by atoms with Crippen molar-refractivity contribution in [3.8, 4) is 0 Å².